The summed E-state index contributed by atoms with van der Waals surface area (Å²) in [6.07, 6.45) is -2.88. The van der Waals surface area contributed by atoms with E-state index in [0.29, 0.717) is 0 Å². The van der Waals surface area contributed by atoms with Gasteiger partial charge in [0.1, 0.15) is 5.52 Å². The van der Waals surface area contributed by atoms with Gasteiger partial charge in [-0.2, -0.15) is 8.78 Å². The van der Waals surface area contributed by atoms with Gasteiger partial charge < -0.3 is 4.42 Å². The van der Waals surface area contributed by atoms with E-state index in [9.17, 15) is 18.9 Å². The fourth-order valence-electron chi connectivity index (χ4n) is 1.19. The molecule has 5 nitrogen and oxygen atoms in total. The molecule has 0 atom stereocenters. The van der Waals surface area contributed by atoms with Crippen molar-refractivity contribution in [3.8, 4) is 0 Å². The predicted octanol–water partition coefficient (Wildman–Crippen LogP) is 2.67. The summed E-state index contributed by atoms with van der Waals surface area (Å²) in [5.74, 6) is -0.806. The van der Waals surface area contributed by atoms with Gasteiger partial charge in [-0.25, -0.2) is 4.98 Å². The lowest BCUT2D eigenvalue weighted by Gasteiger charge is -1.90. The molecule has 0 bridgehead atoms. The first-order chi connectivity index (χ1) is 7.09. The second kappa shape index (κ2) is 3.26. The molecule has 0 unspecified atom stereocenters. The molecule has 0 saturated heterocycles. The number of nitro groups is 1. The zero-order valence-electron chi connectivity index (χ0n) is 7.18. The van der Waals surface area contributed by atoms with Gasteiger partial charge >= 0.3 is 12.1 Å². The molecule has 1 aromatic carbocycles. The van der Waals surface area contributed by atoms with Crippen LogP contribution >= 0.6 is 0 Å². The molecule has 0 radical (unpaired) electrons. The van der Waals surface area contributed by atoms with Gasteiger partial charge in [0.15, 0.2) is 0 Å². The second-order valence-electron chi connectivity index (χ2n) is 2.74. The normalized spacial score (nSPS) is 11.1. The second-order valence-corrected chi connectivity index (χ2v) is 2.74. The van der Waals surface area contributed by atoms with Crippen LogP contribution in [0.15, 0.2) is 22.6 Å². The van der Waals surface area contributed by atoms with Gasteiger partial charge in [-0.05, 0) is 6.07 Å². The van der Waals surface area contributed by atoms with Gasteiger partial charge in [0.2, 0.25) is 5.58 Å². The summed E-state index contributed by atoms with van der Waals surface area (Å²) in [5, 5.41) is 10.5. The molecule has 0 N–H and O–H groups in total. The number of benzene rings is 1. The number of non-ortho nitro benzene ring substituents is 1. The van der Waals surface area contributed by atoms with Gasteiger partial charge in [0, 0.05) is 6.07 Å². The summed E-state index contributed by atoms with van der Waals surface area (Å²) in [6, 6.07) is 3.90. The topological polar surface area (TPSA) is 69.2 Å². The quantitative estimate of drug-likeness (QED) is 0.569. The van der Waals surface area contributed by atoms with E-state index in [4.69, 9.17) is 0 Å². The Balaban J connectivity index is 2.70. The zero-order chi connectivity index (χ0) is 11.0. The number of halogens is 2. The van der Waals surface area contributed by atoms with Crippen LogP contribution in [0.1, 0.15) is 12.3 Å². The number of fused-ring (bicyclic) bond motifs is 1. The third-order valence-electron chi connectivity index (χ3n) is 1.79. The molecule has 2 rings (SSSR count). The van der Waals surface area contributed by atoms with Crippen LogP contribution in [-0.2, 0) is 0 Å². The molecule has 0 amide bonds. The molecular weight excluding hydrogens is 210 g/mol. The third-order valence-corrected chi connectivity index (χ3v) is 1.79. The highest BCUT2D eigenvalue weighted by molar-refractivity contribution is 5.82. The van der Waals surface area contributed by atoms with E-state index in [2.05, 4.69) is 9.40 Å². The lowest BCUT2D eigenvalue weighted by atomic mass is 10.3. The summed E-state index contributed by atoms with van der Waals surface area (Å²) in [7, 11) is 0. The Morgan fingerprint density at radius 1 is 1.47 bits per heavy atom. The highest BCUT2D eigenvalue weighted by atomic mass is 19.3. The molecule has 1 aromatic heterocycles. The van der Waals surface area contributed by atoms with Crippen molar-refractivity contribution in [3.05, 3.63) is 34.2 Å². The number of oxazole rings is 1. The predicted molar refractivity (Wildman–Crippen MR) is 45.6 cm³/mol. The molecule has 0 spiro atoms. The Morgan fingerprint density at radius 2 is 2.20 bits per heavy atom. The molecule has 0 fully saturated rings. The number of hydrogen-bond donors (Lipinski definition) is 0. The summed E-state index contributed by atoms with van der Waals surface area (Å²) in [4.78, 5) is 13.3. The first-order valence-corrected chi connectivity index (χ1v) is 3.91. The largest absolute Gasteiger partial charge is 0.428 e. The Morgan fingerprint density at radius 3 is 2.80 bits per heavy atom. The van der Waals surface area contributed by atoms with Gasteiger partial charge in [0.05, 0.1) is 4.92 Å². The number of para-hydroxylation sites is 1. The molecule has 0 aliphatic carbocycles. The zero-order valence-corrected chi connectivity index (χ0v) is 7.18. The van der Waals surface area contributed by atoms with E-state index in [1.165, 1.54) is 18.2 Å². The number of aromatic nitrogens is 1. The molecular formula is C8H4F2N2O3. The van der Waals surface area contributed by atoms with Crippen molar-refractivity contribution in [2.24, 2.45) is 0 Å². The van der Waals surface area contributed by atoms with Crippen molar-refractivity contribution in [3.63, 3.8) is 0 Å². The van der Waals surface area contributed by atoms with E-state index < -0.39 is 17.2 Å². The van der Waals surface area contributed by atoms with Gasteiger partial charge in [-0.1, -0.05) is 6.07 Å². The Labute approximate surface area is 81.5 Å². The van der Waals surface area contributed by atoms with Crippen LogP contribution in [0.3, 0.4) is 0 Å². The maximum absolute atomic E-state index is 12.2. The molecule has 78 valence electrons. The van der Waals surface area contributed by atoms with Gasteiger partial charge in [-0.15, -0.1) is 0 Å². The third kappa shape index (κ3) is 1.51. The highest BCUT2D eigenvalue weighted by Gasteiger charge is 2.21. The van der Waals surface area contributed by atoms with E-state index >= 15 is 0 Å². The van der Waals surface area contributed by atoms with E-state index in [-0.39, 0.29) is 16.8 Å². The minimum Gasteiger partial charge on any atom is -0.428 e. The van der Waals surface area contributed by atoms with Crippen LogP contribution in [0.25, 0.3) is 11.1 Å². The summed E-state index contributed by atoms with van der Waals surface area (Å²) < 4.78 is 29.0. The van der Waals surface area contributed by atoms with Crippen molar-refractivity contribution in [2.75, 3.05) is 0 Å². The molecule has 1 heterocycles. The highest BCUT2D eigenvalue weighted by Crippen LogP contribution is 2.29. The number of nitro benzene ring substituents is 1. The summed E-state index contributed by atoms with van der Waals surface area (Å²) in [6.45, 7) is 0. The summed E-state index contributed by atoms with van der Waals surface area (Å²) in [5.41, 5.74) is -0.538. The first-order valence-electron chi connectivity index (χ1n) is 3.91. The van der Waals surface area contributed by atoms with E-state index in [0.717, 1.165) is 0 Å². The molecule has 0 saturated carbocycles. The maximum atomic E-state index is 12.2. The van der Waals surface area contributed by atoms with Crippen LogP contribution in [0, 0.1) is 10.1 Å². The van der Waals surface area contributed by atoms with E-state index in [1.807, 2.05) is 0 Å². The van der Waals surface area contributed by atoms with Crippen LogP contribution in [0.2, 0.25) is 0 Å². The Hall–Kier alpha value is -2.05. The lowest BCUT2D eigenvalue weighted by molar-refractivity contribution is -0.383. The fraction of sp³-hybridized carbons (Fsp3) is 0.125. The first kappa shape index (κ1) is 9.50. The number of nitrogens with zero attached hydrogens (tertiary/aromatic N) is 2. The monoisotopic (exact) mass is 214 g/mol. The lowest BCUT2D eigenvalue weighted by Crippen LogP contribution is -1.87. The molecule has 15 heavy (non-hydrogen) atoms. The average Bonchev–Trinajstić information content (AvgIpc) is 2.60. The minimum atomic E-state index is -2.88. The van der Waals surface area contributed by atoms with Crippen LogP contribution in [0.4, 0.5) is 14.5 Å². The van der Waals surface area contributed by atoms with Crippen molar-refractivity contribution < 1.29 is 18.1 Å². The van der Waals surface area contributed by atoms with Crippen LogP contribution in [0.5, 0.6) is 0 Å². The van der Waals surface area contributed by atoms with Crippen molar-refractivity contribution >= 4 is 16.8 Å². The number of alkyl halides is 2. The Bertz CT molecular complexity index is 524. The standard InChI is InChI=1S/C8H4F2N2O3/c9-7(10)8-11-4-2-1-3-5(12(13)14)6(4)15-8/h1-3,7H. The smallest absolute Gasteiger partial charge is 0.313 e. The van der Waals surface area contributed by atoms with E-state index in [1.54, 1.807) is 0 Å². The molecule has 0 aliphatic rings. The number of rotatable bonds is 2. The number of hydrogen-bond acceptors (Lipinski definition) is 4. The fourth-order valence-corrected chi connectivity index (χ4v) is 1.19. The molecule has 7 heteroatoms. The minimum absolute atomic E-state index is 0.0551. The maximum Gasteiger partial charge on any atom is 0.313 e. The SMILES string of the molecule is O=[N+]([O-])c1cccc2nc(C(F)F)oc12. The average molecular weight is 214 g/mol. The van der Waals surface area contributed by atoms with Crippen molar-refractivity contribution in [1.29, 1.82) is 0 Å². The Kier molecular flexibility index (Phi) is 2.07. The van der Waals surface area contributed by atoms with Crippen LogP contribution < -0.4 is 0 Å². The van der Waals surface area contributed by atoms with Crippen LogP contribution in [-0.4, -0.2) is 9.91 Å². The van der Waals surface area contributed by atoms with Gasteiger partial charge in [0.25, 0.3) is 5.89 Å². The van der Waals surface area contributed by atoms with Gasteiger partial charge in [-0.3, -0.25) is 10.1 Å². The molecule has 2 aromatic rings. The molecule has 0 aliphatic heterocycles. The summed E-state index contributed by atoms with van der Waals surface area (Å²) >= 11 is 0. The van der Waals surface area contributed by atoms with Crippen molar-refractivity contribution in [1.82, 2.24) is 4.98 Å². The van der Waals surface area contributed by atoms with Crippen molar-refractivity contribution in [2.45, 2.75) is 6.43 Å².